The number of piperidine rings is 1. The molecule has 3 aromatic rings. The summed E-state index contributed by atoms with van der Waals surface area (Å²) in [5.74, 6) is 0.287. The summed E-state index contributed by atoms with van der Waals surface area (Å²) in [6.07, 6.45) is 3.57. The number of carbonyl (C=O) groups excluding carboxylic acids is 1. The molecule has 1 saturated heterocycles. The van der Waals surface area contributed by atoms with Gasteiger partial charge in [-0.1, -0.05) is 5.21 Å². The lowest BCUT2D eigenvalue weighted by Crippen LogP contribution is -2.39. The molecular weight excluding hydrogens is 311 g/mol. The zero-order valence-electron chi connectivity index (χ0n) is 13.2. The molecule has 1 aliphatic heterocycles. The molecule has 7 nitrogen and oxygen atoms in total. The van der Waals surface area contributed by atoms with Crippen molar-refractivity contribution in [3.8, 4) is 0 Å². The van der Waals surface area contributed by atoms with Gasteiger partial charge in [0.25, 0.3) is 5.91 Å². The van der Waals surface area contributed by atoms with Crippen LogP contribution in [0.4, 0.5) is 4.39 Å². The zero-order valence-corrected chi connectivity index (χ0v) is 13.2. The second-order valence-electron chi connectivity index (χ2n) is 6.18. The van der Waals surface area contributed by atoms with E-state index in [0.717, 1.165) is 18.4 Å². The van der Waals surface area contributed by atoms with Gasteiger partial charge < -0.3 is 9.47 Å². The van der Waals surface area contributed by atoms with E-state index in [1.165, 1.54) is 12.1 Å². The number of H-pyrrole nitrogens is 1. The van der Waals surface area contributed by atoms with E-state index in [-0.39, 0.29) is 17.6 Å². The standard InChI is InChI=1S/C16H17FN6O/c1-22-9-13(12-7-11(17)4-5-14(12)22)16(24)23-6-2-3-10(8-23)15-18-20-21-19-15/h4-5,7,9-10H,2-3,6,8H2,1H3,(H,18,19,20,21). The lowest BCUT2D eigenvalue weighted by atomic mass is 9.96. The number of tetrazole rings is 1. The summed E-state index contributed by atoms with van der Waals surface area (Å²) in [7, 11) is 1.86. The van der Waals surface area contributed by atoms with Gasteiger partial charge in [-0.15, -0.1) is 10.2 Å². The summed E-state index contributed by atoms with van der Waals surface area (Å²) in [5.41, 5.74) is 1.37. The third-order valence-corrected chi connectivity index (χ3v) is 4.62. The first-order chi connectivity index (χ1) is 11.6. The third-order valence-electron chi connectivity index (χ3n) is 4.62. The molecule has 0 saturated carbocycles. The number of hydrogen-bond acceptors (Lipinski definition) is 4. The first kappa shape index (κ1) is 14.8. The fraction of sp³-hybridized carbons (Fsp3) is 0.375. The maximum atomic E-state index is 13.6. The van der Waals surface area contributed by atoms with Gasteiger partial charge in [0.1, 0.15) is 5.82 Å². The summed E-state index contributed by atoms with van der Waals surface area (Å²) in [5, 5.41) is 14.8. The van der Waals surface area contributed by atoms with E-state index in [1.54, 1.807) is 17.2 Å². The van der Waals surface area contributed by atoms with Gasteiger partial charge in [-0.25, -0.2) is 4.39 Å². The number of amides is 1. The topological polar surface area (TPSA) is 79.7 Å². The van der Waals surface area contributed by atoms with Crippen molar-refractivity contribution in [1.29, 1.82) is 0 Å². The molecule has 2 aromatic heterocycles. The van der Waals surface area contributed by atoms with Crippen molar-refractivity contribution in [2.75, 3.05) is 13.1 Å². The minimum absolute atomic E-state index is 0.0770. The van der Waals surface area contributed by atoms with Crippen LogP contribution in [-0.2, 0) is 7.05 Å². The van der Waals surface area contributed by atoms with Crippen LogP contribution in [0.1, 0.15) is 34.9 Å². The minimum Gasteiger partial charge on any atom is -0.350 e. The van der Waals surface area contributed by atoms with Crippen LogP contribution in [0.3, 0.4) is 0 Å². The van der Waals surface area contributed by atoms with Gasteiger partial charge in [0.15, 0.2) is 5.82 Å². The molecule has 0 bridgehead atoms. The maximum absolute atomic E-state index is 13.6. The predicted molar refractivity (Wildman–Crippen MR) is 84.9 cm³/mol. The van der Waals surface area contributed by atoms with Crippen molar-refractivity contribution in [2.45, 2.75) is 18.8 Å². The van der Waals surface area contributed by atoms with Crippen LogP contribution in [-0.4, -0.2) is 49.1 Å². The lowest BCUT2D eigenvalue weighted by Gasteiger charge is -2.31. The van der Waals surface area contributed by atoms with Crippen molar-refractivity contribution >= 4 is 16.8 Å². The molecule has 1 aliphatic rings. The second kappa shape index (κ2) is 5.70. The molecule has 1 aromatic carbocycles. The molecule has 1 atom stereocenters. The lowest BCUT2D eigenvalue weighted by molar-refractivity contribution is 0.0706. The molecule has 0 spiro atoms. The van der Waals surface area contributed by atoms with Crippen molar-refractivity contribution in [3.63, 3.8) is 0 Å². The van der Waals surface area contributed by atoms with Crippen molar-refractivity contribution < 1.29 is 9.18 Å². The Kier molecular flexibility index (Phi) is 3.51. The van der Waals surface area contributed by atoms with Crippen LogP contribution in [0.25, 0.3) is 10.9 Å². The highest BCUT2D eigenvalue weighted by atomic mass is 19.1. The highest BCUT2D eigenvalue weighted by Gasteiger charge is 2.29. The number of nitrogens with one attached hydrogen (secondary N) is 1. The maximum Gasteiger partial charge on any atom is 0.256 e. The number of aryl methyl sites for hydroxylation is 1. The highest BCUT2D eigenvalue weighted by molar-refractivity contribution is 6.07. The third kappa shape index (κ3) is 2.44. The Morgan fingerprint density at radius 2 is 2.29 bits per heavy atom. The molecule has 3 heterocycles. The van der Waals surface area contributed by atoms with Crippen molar-refractivity contribution in [2.24, 2.45) is 7.05 Å². The first-order valence-corrected chi connectivity index (χ1v) is 7.90. The van der Waals surface area contributed by atoms with Gasteiger partial charge in [0, 0.05) is 43.2 Å². The van der Waals surface area contributed by atoms with E-state index >= 15 is 0 Å². The first-order valence-electron chi connectivity index (χ1n) is 7.90. The summed E-state index contributed by atoms with van der Waals surface area (Å²) in [6, 6.07) is 4.52. The molecule has 1 fully saturated rings. The number of rotatable bonds is 2. The molecular formula is C16H17FN6O. The summed E-state index contributed by atoms with van der Waals surface area (Å²) >= 11 is 0. The van der Waals surface area contributed by atoms with Gasteiger partial charge in [0.2, 0.25) is 0 Å². The average molecular weight is 328 g/mol. The summed E-state index contributed by atoms with van der Waals surface area (Å²) in [4.78, 5) is 14.8. The molecule has 1 unspecified atom stereocenters. The number of likely N-dealkylation sites (tertiary alicyclic amines) is 1. The Morgan fingerprint density at radius 1 is 1.42 bits per heavy atom. The molecule has 0 radical (unpaired) electrons. The van der Waals surface area contributed by atoms with E-state index in [0.29, 0.717) is 29.9 Å². The number of fused-ring (bicyclic) bond motifs is 1. The number of carbonyl (C=O) groups is 1. The largest absolute Gasteiger partial charge is 0.350 e. The molecule has 24 heavy (non-hydrogen) atoms. The summed E-state index contributed by atoms with van der Waals surface area (Å²) in [6.45, 7) is 1.23. The van der Waals surface area contributed by atoms with Crippen LogP contribution < -0.4 is 0 Å². The van der Waals surface area contributed by atoms with Crippen LogP contribution in [0.2, 0.25) is 0 Å². The Balaban J connectivity index is 1.65. The Morgan fingerprint density at radius 3 is 3.08 bits per heavy atom. The Bertz CT molecular complexity index is 887. The van der Waals surface area contributed by atoms with Gasteiger partial charge in [-0.05, 0) is 31.0 Å². The van der Waals surface area contributed by atoms with Crippen molar-refractivity contribution in [1.82, 2.24) is 30.1 Å². The van der Waals surface area contributed by atoms with E-state index in [1.807, 2.05) is 11.6 Å². The molecule has 8 heteroatoms. The van der Waals surface area contributed by atoms with Gasteiger partial charge in [0.05, 0.1) is 5.56 Å². The molecule has 1 N–H and O–H groups in total. The number of aromatic nitrogens is 5. The smallest absolute Gasteiger partial charge is 0.256 e. The number of halogens is 1. The molecule has 124 valence electrons. The van der Waals surface area contributed by atoms with E-state index < -0.39 is 0 Å². The molecule has 0 aliphatic carbocycles. The van der Waals surface area contributed by atoms with Gasteiger partial charge in [-0.2, -0.15) is 5.21 Å². The van der Waals surface area contributed by atoms with E-state index in [2.05, 4.69) is 20.6 Å². The number of hydrogen-bond donors (Lipinski definition) is 1. The second-order valence-corrected chi connectivity index (χ2v) is 6.18. The van der Waals surface area contributed by atoms with Gasteiger partial charge in [-0.3, -0.25) is 4.79 Å². The zero-order chi connectivity index (χ0) is 16.7. The van der Waals surface area contributed by atoms with Crippen LogP contribution in [0.5, 0.6) is 0 Å². The summed E-state index contributed by atoms with van der Waals surface area (Å²) < 4.78 is 15.5. The Hall–Kier alpha value is -2.77. The highest BCUT2D eigenvalue weighted by Crippen LogP contribution is 2.28. The molecule has 1 amide bonds. The van der Waals surface area contributed by atoms with Crippen LogP contribution in [0, 0.1) is 5.82 Å². The number of nitrogens with zero attached hydrogens (tertiary/aromatic N) is 5. The van der Waals surface area contributed by atoms with Gasteiger partial charge >= 0.3 is 0 Å². The van der Waals surface area contributed by atoms with Crippen molar-refractivity contribution in [3.05, 3.63) is 41.6 Å². The fourth-order valence-electron chi connectivity index (χ4n) is 3.42. The predicted octanol–water partition coefficient (Wildman–Crippen LogP) is 1.85. The SMILES string of the molecule is Cn1cc(C(=O)N2CCCC(c3nn[nH]n3)C2)c2cc(F)ccc21. The number of benzene rings is 1. The average Bonchev–Trinajstić information content (AvgIpc) is 3.23. The van der Waals surface area contributed by atoms with E-state index in [9.17, 15) is 9.18 Å². The normalized spacial score (nSPS) is 18.2. The Labute approximate surface area is 137 Å². The minimum atomic E-state index is -0.342. The van der Waals surface area contributed by atoms with E-state index in [4.69, 9.17) is 0 Å². The number of aromatic amines is 1. The molecule has 4 rings (SSSR count). The fourth-order valence-corrected chi connectivity index (χ4v) is 3.42. The quantitative estimate of drug-likeness (QED) is 0.778. The monoisotopic (exact) mass is 328 g/mol. The van der Waals surface area contributed by atoms with Crippen LogP contribution >= 0.6 is 0 Å². The van der Waals surface area contributed by atoms with Crippen LogP contribution in [0.15, 0.2) is 24.4 Å².